The van der Waals surface area contributed by atoms with Gasteiger partial charge in [-0.2, -0.15) is 0 Å². The van der Waals surface area contributed by atoms with Gasteiger partial charge < -0.3 is 10.6 Å². The first-order chi connectivity index (χ1) is 10.8. The van der Waals surface area contributed by atoms with Gasteiger partial charge in [0.15, 0.2) is 5.13 Å². The zero-order chi connectivity index (χ0) is 17.0. The van der Waals surface area contributed by atoms with E-state index in [1.807, 2.05) is 23.6 Å². The van der Waals surface area contributed by atoms with E-state index in [4.69, 9.17) is 11.6 Å². The average molecular weight is 352 g/mol. The molecule has 2 N–H and O–H groups in total. The van der Waals surface area contributed by atoms with E-state index in [0.717, 1.165) is 5.56 Å². The van der Waals surface area contributed by atoms with Crippen LogP contribution in [0.2, 0.25) is 5.02 Å². The zero-order valence-electron chi connectivity index (χ0n) is 13.1. The summed E-state index contributed by atoms with van der Waals surface area (Å²) in [7, 11) is 0. The summed E-state index contributed by atoms with van der Waals surface area (Å²) in [5, 5.41) is 8.16. The maximum atomic E-state index is 11.9. The summed E-state index contributed by atoms with van der Waals surface area (Å²) < 4.78 is 0. The molecule has 0 unspecified atom stereocenters. The number of benzene rings is 1. The number of aromatic nitrogens is 1. The van der Waals surface area contributed by atoms with Crippen LogP contribution in [-0.2, 0) is 9.59 Å². The quantitative estimate of drug-likeness (QED) is 0.884. The molecular formula is C16H18ClN3O2S. The first-order valence-electron chi connectivity index (χ1n) is 7.06. The van der Waals surface area contributed by atoms with Crippen molar-refractivity contribution in [2.75, 3.05) is 11.9 Å². The molecule has 0 saturated carbocycles. The van der Waals surface area contributed by atoms with Crippen LogP contribution in [-0.4, -0.2) is 23.3 Å². The van der Waals surface area contributed by atoms with Gasteiger partial charge in [-0.05, 0) is 6.07 Å². The van der Waals surface area contributed by atoms with Gasteiger partial charge in [0.2, 0.25) is 11.8 Å². The fourth-order valence-corrected chi connectivity index (χ4v) is 2.67. The Kier molecular flexibility index (Phi) is 5.38. The Morgan fingerprint density at radius 1 is 1.26 bits per heavy atom. The number of hydrogen-bond donors (Lipinski definition) is 2. The third-order valence-electron chi connectivity index (χ3n) is 2.99. The van der Waals surface area contributed by atoms with E-state index in [-0.39, 0.29) is 18.4 Å². The predicted octanol–water partition coefficient (Wildman–Crippen LogP) is 3.56. The van der Waals surface area contributed by atoms with E-state index in [9.17, 15) is 9.59 Å². The van der Waals surface area contributed by atoms with E-state index >= 15 is 0 Å². The summed E-state index contributed by atoms with van der Waals surface area (Å²) >= 11 is 7.44. The van der Waals surface area contributed by atoms with Gasteiger partial charge in [0, 0.05) is 21.4 Å². The van der Waals surface area contributed by atoms with Crippen LogP contribution >= 0.6 is 22.9 Å². The van der Waals surface area contributed by atoms with Gasteiger partial charge in [-0.15, -0.1) is 11.3 Å². The maximum Gasteiger partial charge on any atom is 0.245 e. The largest absolute Gasteiger partial charge is 0.347 e. The third-order valence-corrected chi connectivity index (χ3v) is 4.08. The highest BCUT2D eigenvalue weighted by atomic mass is 35.5. The number of rotatable bonds is 4. The average Bonchev–Trinajstić information content (AvgIpc) is 2.92. The second-order valence-electron chi connectivity index (χ2n) is 6.00. The Morgan fingerprint density at radius 3 is 2.61 bits per heavy atom. The Labute approximate surface area is 144 Å². The number of nitrogens with one attached hydrogen (secondary N) is 2. The number of carbonyl (C=O) groups excluding carboxylic acids is 2. The molecule has 0 spiro atoms. The second kappa shape index (κ2) is 7.10. The normalized spacial score (nSPS) is 11.1. The summed E-state index contributed by atoms with van der Waals surface area (Å²) in [4.78, 5) is 27.9. The smallest absolute Gasteiger partial charge is 0.245 e. The van der Waals surface area contributed by atoms with Gasteiger partial charge in [0.05, 0.1) is 12.2 Å². The summed E-state index contributed by atoms with van der Waals surface area (Å²) in [5.41, 5.74) is 0.986. The van der Waals surface area contributed by atoms with Gasteiger partial charge in [-0.25, -0.2) is 4.98 Å². The molecule has 2 amide bonds. The third kappa shape index (κ3) is 4.77. The topological polar surface area (TPSA) is 71.1 Å². The van der Waals surface area contributed by atoms with Crippen LogP contribution in [0.3, 0.4) is 0 Å². The highest BCUT2D eigenvalue weighted by molar-refractivity contribution is 7.14. The number of halogens is 1. The molecule has 0 atom stereocenters. The van der Waals surface area contributed by atoms with Crippen LogP contribution in [0.1, 0.15) is 20.8 Å². The van der Waals surface area contributed by atoms with Crippen molar-refractivity contribution < 1.29 is 9.59 Å². The minimum atomic E-state index is -0.529. The molecule has 23 heavy (non-hydrogen) atoms. The summed E-state index contributed by atoms with van der Waals surface area (Å²) in [6.45, 7) is 5.28. The number of hydrogen-bond acceptors (Lipinski definition) is 4. The number of carbonyl (C=O) groups is 2. The summed E-state index contributed by atoms with van der Waals surface area (Å²) in [6, 6.07) is 7.38. The van der Waals surface area contributed by atoms with Crippen molar-refractivity contribution in [2.24, 2.45) is 5.41 Å². The SMILES string of the molecule is CC(C)(C)C(=O)NCC(=O)Nc1nc(-c2ccccc2Cl)cs1. The molecule has 0 aliphatic carbocycles. The molecule has 0 aliphatic rings. The molecule has 1 aromatic heterocycles. The molecule has 1 aromatic carbocycles. The maximum absolute atomic E-state index is 11.9. The molecule has 2 rings (SSSR count). The fraction of sp³-hybridized carbons (Fsp3) is 0.312. The van der Waals surface area contributed by atoms with E-state index in [0.29, 0.717) is 15.8 Å². The molecule has 0 aliphatic heterocycles. The molecule has 0 fully saturated rings. The minimum absolute atomic E-state index is 0.0862. The first-order valence-corrected chi connectivity index (χ1v) is 8.32. The highest BCUT2D eigenvalue weighted by Gasteiger charge is 2.21. The Bertz CT molecular complexity index is 722. The van der Waals surface area contributed by atoms with E-state index in [1.54, 1.807) is 26.8 Å². The Hall–Kier alpha value is -1.92. The Balaban J connectivity index is 1.96. The fourth-order valence-electron chi connectivity index (χ4n) is 1.71. The summed E-state index contributed by atoms with van der Waals surface area (Å²) in [6.07, 6.45) is 0. The molecule has 122 valence electrons. The van der Waals surface area contributed by atoms with Crippen LogP contribution in [0.4, 0.5) is 5.13 Å². The number of nitrogens with zero attached hydrogens (tertiary/aromatic N) is 1. The molecule has 2 aromatic rings. The number of amides is 2. The zero-order valence-corrected chi connectivity index (χ0v) is 14.7. The van der Waals surface area contributed by atoms with Crippen molar-refractivity contribution in [2.45, 2.75) is 20.8 Å². The van der Waals surface area contributed by atoms with E-state index in [1.165, 1.54) is 11.3 Å². The lowest BCUT2D eigenvalue weighted by atomic mass is 9.96. The number of anilines is 1. The van der Waals surface area contributed by atoms with Gasteiger partial charge >= 0.3 is 0 Å². The van der Waals surface area contributed by atoms with Crippen LogP contribution in [0.5, 0.6) is 0 Å². The Morgan fingerprint density at radius 2 is 1.96 bits per heavy atom. The monoisotopic (exact) mass is 351 g/mol. The standard InChI is InChI=1S/C16H18ClN3O2S/c1-16(2,3)14(22)18-8-13(21)20-15-19-12(9-23-15)10-6-4-5-7-11(10)17/h4-7,9H,8H2,1-3H3,(H,18,22)(H,19,20,21). The van der Waals surface area contributed by atoms with Gasteiger partial charge in [-0.1, -0.05) is 50.6 Å². The van der Waals surface area contributed by atoms with Crippen LogP contribution in [0.15, 0.2) is 29.6 Å². The van der Waals surface area contributed by atoms with Crippen molar-refractivity contribution in [3.05, 3.63) is 34.7 Å². The van der Waals surface area contributed by atoms with E-state index in [2.05, 4.69) is 15.6 Å². The van der Waals surface area contributed by atoms with Crippen molar-refractivity contribution in [1.29, 1.82) is 0 Å². The van der Waals surface area contributed by atoms with Gasteiger partial charge in [0.25, 0.3) is 0 Å². The number of thiazole rings is 1. The van der Waals surface area contributed by atoms with Crippen LogP contribution in [0.25, 0.3) is 11.3 Å². The van der Waals surface area contributed by atoms with Crippen molar-refractivity contribution in [3.63, 3.8) is 0 Å². The van der Waals surface area contributed by atoms with Gasteiger partial charge in [0.1, 0.15) is 0 Å². The second-order valence-corrected chi connectivity index (χ2v) is 7.26. The first kappa shape index (κ1) is 17.4. The minimum Gasteiger partial charge on any atom is -0.347 e. The molecule has 0 radical (unpaired) electrons. The highest BCUT2D eigenvalue weighted by Crippen LogP contribution is 2.30. The molecule has 0 saturated heterocycles. The van der Waals surface area contributed by atoms with Crippen molar-refractivity contribution in [1.82, 2.24) is 10.3 Å². The molecule has 1 heterocycles. The molecule has 0 bridgehead atoms. The molecule has 7 heteroatoms. The van der Waals surface area contributed by atoms with E-state index < -0.39 is 5.41 Å². The van der Waals surface area contributed by atoms with Crippen molar-refractivity contribution in [3.8, 4) is 11.3 Å². The molecule has 5 nitrogen and oxygen atoms in total. The molecular weight excluding hydrogens is 334 g/mol. The lowest BCUT2D eigenvalue weighted by Crippen LogP contribution is -2.39. The van der Waals surface area contributed by atoms with Crippen LogP contribution in [0, 0.1) is 5.41 Å². The lowest BCUT2D eigenvalue weighted by molar-refractivity contribution is -0.130. The summed E-state index contributed by atoms with van der Waals surface area (Å²) in [5.74, 6) is -0.494. The van der Waals surface area contributed by atoms with Gasteiger partial charge in [-0.3, -0.25) is 9.59 Å². The van der Waals surface area contributed by atoms with Crippen LogP contribution < -0.4 is 10.6 Å². The van der Waals surface area contributed by atoms with Crippen molar-refractivity contribution >= 4 is 39.9 Å². The lowest BCUT2D eigenvalue weighted by Gasteiger charge is -2.17. The predicted molar refractivity (Wildman–Crippen MR) is 93.7 cm³/mol.